The van der Waals surface area contributed by atoms with Crippen LogP contribution in [0.25, 0.3) is 17.0 Å². The third-order valence-corrected chi connectivity index (χ3v) is 5.87. The first-order chi connectivity index (χ1) is 16.9. The number of hydrogen-bond acceptors (Lipinski definition) is 6. The fourth-order valence-corrected chi connectivity index (χ4v) is 4.02. The number of nitriles is 1. The SMILES string of the molecule is COc1ccc(C2=C(c3ccc(OCc4cn5cc(C#N)ccc5n4)cc3)C(=O)C(C)(C)O2)cc1. The Kier molecular flexibility index (Phi) is 5.50. The van der Waals surface area contributed by atoms with Crippen molar-refractivity contribution in [2.45, 2.75) is 26.1 Å². The van der Waals surface area contributed by atoms with Gasteiger partial charge < -0.3 is 18.6 Å². The number of ether oxygens (including phenoxy) is 3. The highest BCUT2D eigenvalue weighted by molar-refractivity contribution is 6.32. The lowest BCUT2D eigenvalue weighted by Gasteiger charge is -2.17. The number of nitrogens with zero attached hydrogens (tertiary/aromatic N) is 3. The van der Waals surface area contributed by atoms with Gasteiger partial charge in [0.15, 0.2) is 5.60 Å². The molecule has 0 spiro atoms. The lowest BCUT2D eigenvalue weighted by atomic mass is 9.92. The molecule has 174 valence electrons. The van der Waals surface area contributed by atoms with Crippen molar-refractivity contribution in [3.63, 3.8) is 0 Å². The number of pyridine rings is 1. The van der Waals surface area contributed by atoms with Crippen molar-refractivity contribution >= 4 is 22.8 Å². The maximum absolute atomic E-state index is 13.2. The van der Waals surface area contributed by atoms with Crippen molar-refractivity contribution in [1.82, 2.24) is 9.38 Å². The Labute approximate surface area is 202 Å². The van der Waals surface area contributed by atoms with E-state index >= 15 is 0 Å². The van der Waals surface area contributed by atoms with Crippen LogP contribution in [0, 0.1) is 11.3 Å². The van der Waals surface area contributed by atoms with Crippen LogP contribution in [0.1, 0.15) is 36.2 Å². The number of hydrogen-bond donors (Lipinski definition) is 0. The minimum absolute atomic E-state index is 0.0709. The number of Topliss-reactive ketones (excluding diaryl/α,β-unsaturated/α-hetero) is 1. The van der Waals surface area contributed by atoms with Crippen LogP contribution >= 0.6 is 0 Å². The van der Waals surface area contributed by atoms with E-state index in [1.807, 2.05) is 54.7 Å². The molecule has 0 bridgehead atoms. The van der Waals surface area contributed by atoms with E-state index in [9.17, 15) is 4.79 Å². The van der Waals surface area contributed by atoms with Gasteiger partial charge in [0.1, 0.15) is 35.6 Å². The molecule has 0 amide bonds. The number of carbonyl (C=O) groups is 1. The molecule has 0 atom stereocenters. The van der Waals surface area contributed by atoms with Gasteiger partial charge in [0, 0.05) is 18.0 Å². The van der Waals surface area contributed by atoms with Crippen LogP contribution in [0.3, 0.4) is 0 Å². The molecule has 0 fully saturated rings. The number of rotatable bonds is 6. The topological polar surface area (TPSA) is 85.9 Å². The molecule has 4 aromatic rings. The molecule has 1 aliphatic rings. The Morgan fingerprint density at radius 1 is 0.971 bits per heavy atom. The Bertz CT molecular complexity index is 1490. The van der Waals surface area contributed by atoms with Gasteiger partial charge in [-0.15, -0.1) is 0 Å². The third-order valence-electron chi connectivity index (χ3n) is 5.87. The van der Waals surface area contributed by atoms with E-state index < -0.39 is 5.60 Å². The molecule has 7 nitrogen and oxygen atoms in total. The number of imidazole rings is 1. The van der Waals surface area contributed by atoms with Crippen molar-refractivity contribution in [1.29, 1.82) is 5.26 Å². The molecule has 1 aliphatic heterocycles. The summed E-state index contributed by atoms with van der Waals surface area (Å²) in [6, 6.07) is 20.5. The van der Waals surface area contributed by atoms with Crippen LogP contribution < -0.4 is 9.47 Å². The highest BCUT2D eigenvalue weighted by Gasteiger charge is 2.42. The van der Waals surface area contributed by atoms with Crippen molar-refractivity contribution in [2.75, 3.05) is 7.11 Å². The highest BCUT2D eigenvalue weighted by atomic mass is 16.5. The predicted molar refractivity (Wildman–Crippen MR) is 131 cm³/mol. The van der Waals surface area contributed by atoms with Gasteiger partial charge in [0.05, 0.1) is 23.9 Å². The van der Waals surface area contributed by atoms with Crippen molar-refractivity contribution in [3.8, 4) is 17.6 Å². The minimum Gasteiger partial charge on any atom is -0.497 e. The summed E-state index contributed by atoms with van der Waals surface area (Å²) in [5.74, 6) is 1.87. The van der Waals surface area contributed by atoms with Crippen molar-refractivity contribution in [3.05, 3.63) is 95.4 Å². The molecule has 0 saturated heterocycles. The van der Waals surface area contributed by atoms with Crippen LogP contribution in [0.15, 0.2) is 73.1 Å². The average Bonchev–Trinajstić information content (AvgIpc) is 3.40. The maximum atomic E-state index is 13.2. The van der Waals surface area contributed by atoms with Crippen LogP contribution in [-0.2, 0) is 16.1 Å². The number of fused-ring (bicyclic) bond motifs is 1. The summed E-state index contributed by atoms with van der Waals surface area (Å²) in [6.07, 6.45) is 3.57. The second kappa shape index (κ2) is 8.65. The summed E-state index contributed by atoms with van der Waals surface area (Å²) in [4.78, 5) is 17.7. The second-order valence-corrected chi connectivity index (χ2v) is 8.71. The monoisotopic (exact) mass is 465 g/mol. The predicted octanol–water partition coefficient (Wildman–Crippen LogP) is 5.04. The molecule has 35 heavy (non-hydrogen) atoms. The van der Waals surface area contributed by atoms with Crippen molar-refractivity contribution in [2.24, 2.45) is 0 Å². The number of aromatic nitrogens is 2. The molecule has 5 rings (SSSR count). The van der Waals surface area contributed by atoms with Gasteiger partial charge in [-0.2, -0.15) is 5.26 Å². The molecule has 0 N–H and O–H groups in total. The first-order valence-corrected chi connectivity index (χ1v) is 11.1. The Morgan fingerprint density at radius 2 is 1.66 bits per heavy atom. The van der Waals surface area contributed by atoms with Gasteiger partial charge in [-0.25, -0.2) is 4.98 Å². The molecular formula is C28H23N3O4. The number of benzene rings is 2. The first kappa shape index (κ1) is 22.2. The minimum atomic E-state index is -0.950. The summed E-state index contributed by atoms with van der Waals surface area (Å²) in [5, 5.41) is 9.06. The van der Waals surface area contributed by atoms with Gasteiger partial charge >= 0.3 is 0 Å². The number of ketones is 1. The Balaban J connectivity index is 1.38. The summed E-state index contributed by atoms with van der Waals surface area (Å²) >= 11 is 0. The molecule has 0 saturated carbocycles. The van der Waals surface area contributed by atoms with E-state index in [0.29, 0.717) is 22.6 Å². The van der Waals surface area contributed by atoms with Gasteiger partial charge in [-0.05, 0) is 67.9 Å². The molecule has 7 heteroatoms. The van der Waals surface area contributed by atoms with Crippen LogP contribution in [0.2, 0.25) is 0 Å². The molecule has 0 radical (unpaired) electrons. The molecule has 0 aliphatic carbocycles. The van der Waals surface area contributed by atoms with E-state index in [4.69, 9.17) is 19.5 Å². The van der Waals surface area contributed by atoms with Crippen LogP contribution in [-0.4, -0.2) is 27.9 Å². The summed E-state index contributed by atoms with van der Waals surface area (Å²) < 4.78 is 19.1. The van der Waals surface area contributed by atoms with E-state index in [1.54, 1.807) is 43.7 Å². The summed E-state index contributed by atoms with van der Waals surface area (Å²) in [5.41, 5.74) is 3.22. The number of carbonyl (C=O) groups excluding carboxylic acids is 1. The molecular weight excluding hydrogens is 442 g/mol. The quantitative estimate of drug-likeness (QED) is 0.397. The zero-order valence-electron chi connectivity index (χ0n) is 19.6. The van der Waals surface area contributed by atoms with E-state index in [0.717, 1.165) is 28.2 Å². The Morgan fingerprint density at radius 3 is 2.34 bits per heavy atom. The van der Waals surface area contributed by atoms with E-state index in [1.165, 1.54) is 0 Å². The molecule has 2 aromatic heterocycles. The zero-order chi connectivity index (χ0) is 24.6. The zero-order valence-corrected chi connectivity index (χ0v) is 19.6. The highest BCUT2D eigenvalue weighted by Crippen LogP contribution is 2.41. The average molecular weight is 466 g/mol. The molecule has 2 aromatic carbocycles. The van der Waals surface area contributed by atoms with E-state index in [2.05, 4.69) is 11.1 Å². The second-order valence-electron chi connectivity index (χ2n) is 8.71. The molecule has 0 unspecified atom stereocenters. The third kappa shape index (κ3) is 4.22. The van der Waals surface area contributed by atoms with Gasteiger partial charge in [-0.1, -0.05) is 12.1 Å². The fourth-order valence-electron chi connectivity index (χ4n) is 4.02. The lowest BCUT2D eigenvalue weighted by Crippen LogP contribution is -2.29. The number of methoxy groups -OCH3 is 1. The standard InChI is InChI=1S/C28H23N3O4/c1-28(2)27(32)25(26(35-28)20-7-9-22(33-3)10-8-20)19-5-11-23(12-6-19)34-17-21-16-31-15-18(14-29)4-13-24(31)30-21/h4-13,15-16H,17H2,1-3H3. The fraction of sp³-hybridized carbons (Fsp3) is 0.179. The first-order valence-electron chi connectivity index (χ1n) is 11.1. The summed E-state index contributed by atoms with van der Waals surface area (Å²) in [7, 11) is 1.61. The van der Waals surface area contributed by atoms with Gasteiger partial charge in [-0.3, -0.25) is 4.79 Å². The van der Waals surface area contributed by atoms with E-state index in [-0.39, 0.29) is 12.4 Å². The Hall–Kier alpha value is -4.57. The van der Waals surface area contributed by atoms with Crippen LogP contribution in [0.5, 0.6) is 11.5 Å². The largest absolute Gasteiger partial charge is 0.497 e. The normalized spacial score (nSPS) is 14.6. The van der Waals surface area contributed by atoms with Crippen LogP contribution in [0.4, 0.5) is 0 Å². The smallest absolute Gasteiger partial charge is 0.210 e. The van der Waals surface area contributed by atoms with Gasteiger partial charge in [0.25, 0.3) is 0 Å². The van der Waals surface area contributed by atoms with Gasteiger partial charge in [0.2, 0.25) is 5.78 Å². The van der Waals surface area contributed by atoms with Crippen molar-refractivity contribution < 1.29 is 19.0 Å². The summed E-state index contributed by atoms with van der Waals surface area (Å²) in [6.45, 7) is 3.83. The molecule has 3 heterocycles. The maximum Gasteiger partial charge on any atom is 0.210 e. The lowest BCUT2D eigenvalue weighted by molar-refractivity contribution is -0.125.